The Hall–Kier alpha value is -12.5. The minimum atomic E-state index is -0.284. The van der Waals surface area contributed by atoms with Crippen LogP contribution in [0.1, 0.15) is 11.1 Å². The van der Waals surface area contributed by atoms with Gasteiger partial charge in [-0.1, -0.05) is 206 Å². The quantitative estimate of drug-likeness (QED) is 0.126. The van der Waals surface area contributed by atoms with Gasteiger partial charge in [-0.15, -0.1) is 0 Å². The zero-order valence-corrected chi connectivity index (χ0v) is 51.7. The first-order valence-corrected chi connectivity index (χ1v) is 32.6. The number of hydrogen-bond acceptors (Lipinski definition) is 7. The molecule has 19 rings (SSSR count). The molecule has 14 aromatic carbocycles. The van der Waals surface area contributed by atoms with E-state index >= 15 is 0 Å². The predicted molar refractivity (Wildman–Crippen MR) is 399 cm³/mol. The predicted octanol–water partition coefficient (Wildman–Crippen LogP) is 19.1. The molecule has 0 saturated heterocycles. The molecule has 0 N–H and O–H groups in total. The van der Waals surface area contributed by atoms with Gasteiger partial charge in [0.2, 0.25) is 0 Å². The third-order valence-corrected chi connectivity index (χ3v) is 19.5. The second-order valence-corrected chi connectivity index (χ2v) is 24.8. The SMILES string of the molecule is C1=Cc2cc3c(cc2N(c2ccccc2)c2ccccc21)Oc1cc(N(c2ccccc2)c2ccccc2)cc2c1B3c1cc3c(cc1N2c1ccccc1)N(c1ccccc1)c1cc(N(c2ccccc2)c2ccccc2)cc2c1B3c1ccccc1N2c1ccccc1. The fourth-order valence-corrected chi connectivity index (χ4v) is 15.6. The summed E-state index contributed by atoms with van der Waals surface area (Å²) < 4.78 is 7.74. The lowest BCUT2D eigenvalue weighted by Gasteiger charge is -2.47. The number of anilines is 18. The van der Waals surface area contributed by atoms with Crippen LogP contribution in [-0.2, 0) is 0 Å². The Morgan fingerprint density at radius 2 is 0.589 bits per heavy atom. The van der Waals surface area contributed by atoms with Crippen LogP contribution in [-0.4, -0.2) is 13.4 Å². The Balaban J connectivity index is 0.926. The lowest BCUT2D eigenvalue weighted by molar-refractivity contribution is 0.488. The van der Waals surface area contributed by atoms with Crippen molar-refractivity contribution in [1.29, 1.82) is 0 Å². The van der Waals surface area contributed by atoms with Crippen LogP contribution in [0.2, 0.25) is 0 Å². The van der Waals surface area contributed by atoms with Crippen molar-refractivity contribution in [3.05, 3.63) is 351 Å². The lowest BCUT2D eigenvalue weighted by Crippen LogP contribution is -2.64. The number of para-hydroxylation sites is 10. The lowest BCUT2D eigenvalue weighted by atomic mass is 9.30. The van der Waals surface area contributed by atoms with E-state index in [9.17, 15) is 0 Å². The highest BCUT2D eigenvalue weighted by atomic mass is 16.5. The van der Waals surface area contributed by atoms with Crippen molar-refractivity contribution >= 4 is 161 Å². The summed E-state index contributed by atoms with van der Waals surface area (Å²) in [5.41, 5.74) is 28.6. The van der Waals surface area contributed by atoms with E-state index in [0.29, 0.717) is 0 Å². The first-order chi connectivity index (χ1) is 47.2. The van der Waals surface area contributed by atoms with Crippen molar-refractivity contribution in [2.45, 2.75) is 0 Å². The highest BCUT2D eigenvalue weighted by Crippen LogP contribution is 2.53. The maximum atomic E-state index is 7.74. The summed E-state index contributed by atoms with van der Waals surface area (Å²) in [6.45, 7) is -0.480. The molecule has 0 spiro atoms. The normalized spacial score (nSPS) is 13.2. The molecule has 444 valence electrons. The standard InChI is InChI=1S/C86H58B2N6O/c1-9-30-61(31-10-1)89(62-32-11-2-12-33-62)69-52-80-85-81(53-69)93(67-42-21-7-22-43-67)78-57-79-73(56-72(78)87(85)71-46-26-28-48-76(71)92(80)66-40-19-6-20-41-66)88-74-51-60-50-49-59-29-25-27-47-75(59)91(65-38-17-5-18-39-65)77(60)58-83(74)95-84-55-70(54-82(86(84)88)94(79)68-44-23-8-24-45-68)90(63-34-13-3-14-35-63)64-36-15-4-16-37-64/h1-58H. The van der Waals surface area contributed by atoms with Gasteiger partial charge in [0.05, 0.1) is 22.7 Å². The van der Waals surface area contributed by atoms with Gasteiger partial charge in [0, 0.05) is 91.8 Å². The molecule has 95 heavy (non-hydrogen) atoms. The molecule has 0 bridgehead atoms. The molecule has 9 heteroatoms. The maximum absolute atomic E-state index is 7.74. The van der Waals surface area contributed by atoms with Gasteiger partial charge in [0.15, 0.2) is 0 Å². The van der Waals surface area contributed by atoms with Crippen LogP contribution >= 0.6 is 0 Å². The third-order valence-electron chi connectivity index (χ3n) is 19.5. The van der Waals surface area contributed by atoms with E-state index in [1.807, 2.05) is 0 Å². The number of hydrogen-bond donors (Lipinski definition) is 0. The maximum Gasteiger partial charge on any atom is 0.256 e. The van der Waals surface area contributed by atoms with Gasteiger partial charge in [-0.3, -0.25) is 0 Å². The zero-order chi connectivity index (χ0) is 62.5. The summed E-state index contributed by atoms with van der Waals surface area (Å²) in [6.07, 6.45) is 4.58. The van der Waals surface area contributed by atoms with Gasteiger partial charge in [0.25, 0.3) is 13.4 Å². The molecule has 5 aliphatic heterocycles. The molecule has 0 fully saturated rings. The minimum Gasteiger partial charge on any atom is -0.458 e. The number of rotatable bonds is 10. The van der Waals surface area contributed by atoms with E-state index in [1.165, 1.54) is 21.9 Å². The molecule has 7 nitrogen and oxygen atoms in total. The molecule has 0 aromatic heterocycles. The molecular weight excluding hydrogens is 1150 g/mol. The smallest absolute Gasteiger partial charge is 0.256 e. The molecule has 5 aliphatic rings. The van der Waals surface area contributed by atoms with Gasteiger partial charge in [-0.25, -0.2) is 0 Å². The van der Waals surface area contributed by atoms with Crippen molar-refractivity contribution < 1.29 is 4.74 Å². The third kappa shape index (κ3) is 8.77. The Labute approximate surface area is 554 Å². The summed E-state index contributed by atoms with van der Waals surface area (Å²) >= 11 is 0. The monoisotopic (exact) mass is 1210 g/mol. The van der Waals surface area contributed by atoms with E-state index in [0.717, 1.165) is 136 Å². The van der Waals surface area contributed by atoms with Gasteiger partial charge in [-0.2, -0.15) is 0 Å². The van der Waals surface area contributed by atoms with Gasteiger partial charge in [0.1, 0.15) is 11.5 Å². The fourth-order valence-electron chi connectivity index (χ4n) is 15.6. The van der Waals surface area contributed by atoms with Crippen molar-refractivity contribution in [3.63, 3.8) is 0 Å². The molecule has 14 aromatic rings. The largest absolute Gasteiger partial charge is 0.458 e. The Bertz CT molecular complexity index is 5240. The Morgan fingerprint density at radius 3 is 1.07 bits per heavy atom. The van der Waals surface area contributed by atoms with Crippen LogP contribution < -0.4 is 66.9 Å². The summed E-state index contributed by atoms with van der Waals surface area (Å²) in [6, 6.07) is 124. The Morgan fingerprint density at radius 1 is 0.221 bits per heavy atom. The van der Waals surface area contributed by atoms with Crippen molar-refractivity contribution in [2.24, 2.45) is 0 Å². The van der Waals surface area contributed by atoms with Crippen LogP contribution in [0.25, 0.3) is 12.2 Å². The van der Waals surface area contributed by atoms with E-state index in [4.69, 9.17) is 4.74 Å². The van der Waals surface area contributed by atoms with Crippen LogP contribution in [0, 0.1) is 0 Å². The number of fused-ring (bicyclic) bond motifs is 10. The van der Waals surface area contributed by atoms with E-state index in [-0.39, 0.29) is 13.4 Å². The molecule has 0 saturated carbocycles. The number of benzene rings is 14. The molecule has 0 amide bonds. The highest BCUT2D eigenvalue weighted by Gasteiger charge is 2.49. The molecule has 0 radical (unpaired) electrons. The van der Waals surface area contributed by atoms with Crippen molar-refractivity contribution in [3.8, 4) is 11.5 Å². The van der Waals surface area contributed by atoms with Crippen LogP contribution in [0.15, 0.2) is 340 Å². The molecule has 0 unspecified atom stereocenters. The first kappa shape index (κ1) is 54.3. The number of nitrogens with zero attached hydrogens (tertiary/aromatic N) is 6. The molecule has 5 heterocycles. The summed E-state index contributed by atoms with van der Waals surface area (Å²) in [7, 11) is 0. The zero-order valence-electron chi connectivity index (χ0n) is 51.7. The first-order valence-electron chi connectivity index (χ1n) is 32.6. The van der Waals surface area contributed by atoms with Gasteiger partial charge >= 0.3 is 0 Å². The van der Waals surface area contributed by atoms with Crippen LogP contribution in [0.3, 0.4) is 0 Å². The molecule has 0 atom stereocenters. The van der Waals surface area contributed by atoms with E-state index < -0.39 is 0 Å². The number of ether oxygens (including phenoxy) is 1. The average Bonchev–Trinajstić information content (AvgIpc) is 0.798. The topological polar surface area (TPSA) is 28.7 Å². The average molecular weight is 1210 g/mol. The second-order valence-electron chi connectivity index (χ2n) is 24.8. The second kappa shape index (κ2) is 22.2. The van der Waals surface area contributed by atoms with Gasteiger partial charge in [-0.05, 0) is 177 Å². The van der Waals surface area contributed by atoms with E-state index in [2.05, 4.69) is 381 Å². The van der Waals surface area contributed by atoms with Gasteiger partial charge < -0.3 is 34.1 Å². The summed E-state index contributed by atoms with van der Waals surface area (Å²) in [5.74, 6) is 1.62. The Kier molecular flexibility index (Phi) is 12.7. The van der Waals surface area contributed by atoms with Crippen molar-refractivity contribution in [1.82, 2.24) is 0 Å². The minimum absolute atomic E-state index is 0.196. The summed E-state index contributed by atoms with van der Waals surface area (Å²) in [5, 5.41) is 0. The fraction of sp³-hybridized carbons (Fsp3) is 0. The molecule has 0 aliphatic carbocycles. The highest BCUT2D eigenvalue weighted by molar-refractivity contribution is 7.02. The van der Waals surface area contributed by atoms with Crippen LogP contribution in [0.4, 0.5) is 102 Å². The van der Waals surface area contributed by atoms with E-state index in [1.54, 1.807) is 0 Å². The van der Waals surface area contributed by atoms with Crippen LogP contribution in [0.5, 0.6) is 11.5 Å². The van der Waals surface area contributed by atoms with Crippen molar-refractivity contribution in [2.75, 3.05) is 29.4 Å². The molecular formula is C86H58B2N6O. The summed E-state index contributed by atoms with van der Waals surface area (Å²) in [4.78, 5) is 14.8.